The third-order valence-corrected chi connectivity index (χ3v) is 2.69. The predicted octanol–water partition coefficient (Wildman–Crippen LogP) is 3.16. The molecule has 0 saturated carbocycles. The minimum absolute atomic E-state index is 0.145. The van der Waals surface area contributed by atoms with Gasteiger partial charge in [0.15, 0.2) is 0 Å². The minimum Gasteiger partial charge on any atom is -0.438 e. The molecule has 0 atom stereocenters. The SMILES string of the molecule is COC(=O)OCC=C(C)c1ccc(COC(=O)OC)cc1. The quantitative estimate of drug-likeness (QED) is 0.777. The van der Waals surface area contributed by atoms with Crippen LogP contribution in [0.2, 0.25) is 0 Å². The summed E-state index contributed by atoms with van der Waals surface area (Å²) in [7, 11) is 2.52. The van der Waals surface area contributed by atoms with Crippen LogP contribution in [0.4, 0.5) is 9.59 Å². The highest BCUT2D eigenvalue weighted by molar-refractivity contribution is 5.65. The number of allylic oxidation sites excluding steroid dienone is 1. The van der Waals surface area contributed by atoms with Gasteiger partial charge in [0.1, 0.15) is 13.2 Å². The van der Waals surface area contributed by atoms with E-state index >= 15 is 0 Å². The Morgan fingerprint density at radius 3 is 2.14 bits per heavy atom. The second-order valence-electron chi connectivity index (χ2n) is 4.09. The molecule has 0 bridgehead atoms. The molecule has 21 heavy (non-hydrogen) atoms. The maximum Gasteiger partial charge on any atom is 0.508 e. The molecule has 0 aliphatic rings. The summed E-state index contributed by atoms with van der Waals surface area (Å²) in [6.45, 7) is 2.20. The number of benzene rings is 1. The summed E-state index contributed by atoms with van der Waals surface area (Å²) in [5.74, 6) is 0. The van der Waals surface area contributed by atoms with Crippen LogP contribution >= 0.6 is 0 Å². The van der Waals surface area contributed by atoms with E-state index in [1.165, 1.54) is 14.2 Å². The molecule has 114 valence electrons. The highest BCUT2D eigenvalue weighted by Gasteiger charge is 2.03. The Balaban J connectivity index is 2.54. The molecule has 0 aromatic heterocycles. The number of rotatable bonds is 5. The Bertz CT molecular complexity index is 503. The monoisotopic (exact) mass is 294 g/mol. The number of ether oxygens (including phenoxy) is 4. The summed E-state index contributed by atoms with van der Waals surface area (Å²) in [5.41, 5.74) is 2.78. The maximum atomic E-state index is 10.9. The first-order valence-electron chi connectivity index (χ1n) is 6.24. The molecule has 1 rings (SSSR count). The molecule has 0 unspecified atom stereocenters. The number of methoxy groups -OCH3 is 2. The van der Waals surface area contributed by atoms with Gasteiger partial charge in [0.25, 0.3) is 0 Å². The molecule has 1 aromatic rings. The second kappa shape index (κ2) is 8.63. The predicted molar refractivity (Wildman–Crippen MR) is 75.6 cm³/mol. The van der Waals surface area contributed by atoms with Crippen molar-refractivity contribution in [3.63, 3.8) is 0 Å². The van der Waals surface area contributed by atoms with Crippen molar-refractivity contribution in [3.05, 3.63) is 41.5 Å². The molecule has 0 aliphatic carbocycles. The first-order valence-corrected chi connectivity index (χ1v) is 6.24. The van der Waals surface area contributed by atoms with E-state index < -0.39 is 12.3 Å². The van der Waals surface area contributed by atoms with Crippen LogP contribution in [0.25, 0.3) is 5.57 Å². The van der Waals surface area contributed by atoms with Crippen LogP contribution in [0, 0.1) is 0 Å². The number of carbonyl (C=O) groups is 2. The van der Waals surface area contributed by atoms with Crippen molar-refractivity contribution in [1.82, 2.24) is 0 Å². The topological polar surface area (TPSA) is 71.1 Å². The van der Waals surface area contributed by atoms with Crippen LogP contribution in [0.15, 0.2) is 30.3 Å². The van der Waals surface area contributed by atoms with Crippen LogP contribution < -0.4 is 0 Å². The summed E-state index contributed by atoms with van der Waals surface area (Å²) < 4.78 is 18.4. The van der Waals surface area contributed by atoms with Gasteiger partial charge in [0, 0.05) is 0 Å². The third-order valence-electron chi connectivity index (χ3n) is 2.69. The fourth-order valence-electron chi connectivity index (χ4n) is 1.48. The maximum absolute atomic E-state index is 10.9. The van der Waals surface area contributed by atoms with Gasteiger partial charge < -0.3 is 18.9 Å². The van der Waals surface area contributed by atoms with E-state index in [1.54, 1.807) is 6.08 Å². The second-order valence-corrected chi connectivity index (χ2v) is 4.09. The molecular formula is C15H18O6. The Kier molecular flexibility index (Phi) is 6.80. The van der Waals surface area contributed by atoms with Crippen LogP contribution in [-0.2, 0) is 25.6 Å². The Hall–Kier alpha value is -2.50. The van der Waals surface area contributed by atoms with Crippen molar-refractivity contribution < 1.29 is 28.5 Å². The Labute approximate surface area is 123 Å². The van der Waals surface area contributed by atoms with Crippen molar-refractivity contribution in [2.24, 2.45) is 0 Å². The van der Waals surface area contributed by atoms with Crippen LogP contribution in [-0.4, -0.2) is 33.1 Å². The van der Waals surface area contributed by atoms with Crippen molar-refractivity contribution in [2.75, 3.05) is 20.8 Å². The van der Waals surface area contributed by atoms with Crippen molar-refractivity contribution in [1.29, 1.82) is 0 Å². The molecule has 0 fully saturated rings. The van der Waals surface area contributed by atoms with Gasteiger partial charge in [0.2, 0.25) is 0 Å². The lowest BCUT2D eigenvalue weighted by Crippen LogP contribution is -2.04. The van der Waals surface area contributed by atoms with Gasteiger partial charge in [-0.15, -0.1) is 0 Å². The lowest BCUT2D eigenvalue weighted by Gasteiger charge is -2.06. The molecule has 0 spiro atoms. The van der Waals surface area contributed by atoms with Crippen molar-refractivity contribution in [3.8, 4) is 0 Å². The molecule has 0 heterocycles. The van der Waals surface area contributed by atoms with E-state index in [1.807, 2.05) is 31.2 Å². The van der Waals surface area contributed by atoms with E-state index in [2.05, 4.69) is 9.47 Å². The molecule has 0 saturated heterocycles. The van der Waals surface area contributed by atoms with E-state index in [4.69, 9.17) is 9.47 Å². The normalized spacial score (nSPS) is 10.7. The largest absolute Gasteiger partial charge is 0.508 e. The number of carbonyl (C=O) groups excluding carboxylic acids is 2. The van der Waals surface area contributed by atoms with Crippen LogP contribution in [0.5, 0.6) is 0 Å². The highest BCUT2D eigenvalue weighted by Crippen LogP contribution is 2.15. The van der Waals surface area contributed by atoms with Crippen molar-refractivity contribution >= 4 is 17.9 Å². The van der Waals surface area contributed by atoms with Gasteiger partial charge >= 0.3 is 12.3 Å². The average molecular weight is 294 g/mol. The van der Waals surface area contributed by atoms with Gasteiger partial charge in [0.05, 0.1) is 14.2 Å². The van der Waals surface area contributed by atoms with Crippen molar-refractivity contribution in [2.45, 2.75) is 13.5 Å². The molecule has 0 radical (unpaired) electrons. The van der Waals surface area contributed by atoms with E-state index in [0.29, 0.717) is 0 Å². The fraction of sp³-hybridized carbons (Fsp3) is 0.333. The number of hydrogen-bond acceptors (Lipinski definition) is 6. The zero-order chi connectivity index (χ0) is 15.7. The summed E-state index contributed by atoms with van der Waals surface area (Å²) in [6, 6.07) is 7.47. The third kappa shape index (κ3) is 5.99. The lowest BCUT2D eigenvalue weighted by atomic mass is 10.1. The van der Waals surface area contributed by atoms with Gasteiger partial charge in [-0.05, 0) is 29.7 Å². The Morgan fingerprint density at radius 1 is 1.00 bits per heavy atom. The number of hydrogen-bond donors (Lipinski definition) is 0. The van der Waals surface area contributed by atoms with E-state index in [-0.39, 0.29) is 13.2 Å². The average Bonchev–Trinajstić information content (AvgIpc) is 2.52. The summed E-state index contributed by atoms with van der Waals surface area (Å²) in [4.78, 5) is 21.7. The molecular weight excluding hydrogens is 276 g/mol. The molecule has 1 aromatic carbocycles. The zero-order valence-corrected chi connectivity index (χ0v) is 12.3. The van der Waals surface area contributed by atoms with Gasteiger partial charge in [-0.25, -0.2) is 9.59 Å². The summed E-state index contributed by atoms with van der Waals surface area (Å²) in [6.07, 6.45) is 0.348. The standard InChI is InChI=1S/C15H18O6/c1-11(8-9-20-14(16)18-2)13-6-4-12(5-7-13)10-21-15(17)19-3/h4-8H,9-10H2,1-3H3. The van der Waals surface area contributed by atoms with E-state index in [9.17, 15) is 9.59 Å². The molecule has 0 aliphatic heterocycles. The zero-order valence-electron chi connectivity index (χ0n) is 12.3. The van der Waals surface area contributed by atoms with Crippen LogP contribution in [0.3, 0.4) is 0 Å². The molecule has 0 amide bonds. The van der Waals surface area contributed by atoms with Gasteiger partial charge in [-0.2, -0.15) is 0 Å². The molecule has 6 nitrogen and oxygen atoms in total. The Morgan fingerprint density at radius 2 is 1.57 bits per heavy atom. The first-order chi connectivity index (χ1) is 10.1. The van der Waals surface area contributed by atoms with Gasteiger partial charge in [-0.1, -0.05) is 24.3 Å². The van der Waals surface area contributed by atoms with Crippen LogP contribution in [0.1, 0.15) is 18.1 Å². The molecule has 6 heteroatoms. The fourth-order valence-corrected chi connectivity index (χ4v) is 1.48. The minimum atomic E-state index is -0.714. The lowest BCUT2D eigenvalue weighted by molar-refractivity contribution is 0.0668. The van der Waals surface area contributed by atoms with E-state index in [0.717, 1.165) is 16.7 Å². The van der Waals surface area contributed by atoms with Gasteiger partial charge in [-0.3, -0.25) is 0 Å². The first kappa shape index (κ1) is 16.6. The summed E-state index contributed by atoms with van der Waals surface area (Å²) in [5, 5.41) is 0. The highest BCUT2D eigenvalue weighted by atomic mass is 16.7. The molecule has 0 N–H and O–H groups in total. The summed E-state index contributed by atoms with van der Waals surface area (Å²) >= 11 is 0. The smallest absolute Gasteiger partial charge is 0.438 e.